The van der Waals surface area contributed by atoms with Gasteiger partial charge in [-0.25, -0.2) is 9.59 Å². The summed E-state index contributed by atoms with van der Waals surface area (Å²) in [7, 11) is 0. The zero-order valence-corrected chi connectivity index (χ0v) is 21.1. The molecule has 1 aromatic carbocycles. The molecule has 34 heavy (non-hydrogen) atoms. The molecule has 0 saturated heterocycles. The summed E-state index contributed by atoms with van der Waals surface area (Å²) in [5.41, 5.74) is -0.0282. The van der Waals surface area contributed by atoms with Crippen LogP contribution < -0.4 is 0 Å². The maximum Gasteiger partial charge on any atom is 0.336 e. The van der Waals surface area contributed by atoms with Gasteiger partial charge in [0.05, 0.1) is 11.1 Å². The van der Waals surface area contributed by atoms with E-state index in [1.165, 1.54) is 115 Å². The van der Waals surface area contributed by atoms with Crippen molar-refractivity contribution in [2.45, 2.75) is 110 Å². The number of hydrogen-bond donors (Lipinski definition) is 2. The highest BCUT2D eigenvalue weighted by Crippen LogP contribution is 2.14. The summed E-state index contributed by atoms with van der Waals surface area (Å²) in [5.74, 6) is 3.15. The Hall–Kier alpha value is -2.32. The topological polar surface area (TPSA) is 83.8 Å². The predicted molar refractivity (Wildman–Crippen MR) is 138 cm³/mol. The Morgan fingerprint density at radius 1 is 0.706 bits per heavy atom. The summed E-state index contributed by atoms with van der Waals surface area (Å²) < 4.78 is 5.53. The fraction of sp³-hybridized carbons (Fsp3) is 0.655. The number of unbranched alkanes of at least 4 members (excludes halogenated alkanes) is 15. The Kier molecular flexibility index (Phi) is 17.6. The minimum atomic E-state index is -1.28. The number of ether oxygens (including phenoxy) is 1. The molecule has 0 aliphatic carbocycles. The van der Waals surface area contributed by atoms with Crippen molar-refractivity contribution in [2.24, 2.45) is 0 Å². The van der Waals surface area contributed by atoms with Crippen LogP contribution in [0, 0.1) is 11.8 Å². The average molecular weight is 473 g/mol. The van der Waals surface area contributed by atoms with Crippen LogP contribution in [0.15, 0.2) is 18.2 Å². The normalized spacial score (nSPS) is 10.6. The number of aromatic carboxylic acids is 2. The number of hydrogen-bond acceptors (Lipinski definition) is 3. The Bertz CT molecular complexity index is 760. The van der Waals surface area contributed by atoms with E-state index in [0.29, 0.717) is 12.2 Å². The van der Waals surface area contributed by atoms with Crippen molar-refractivity contribution in [2.75, 3.05) is 13.2 Å². The number of carbonyl (C=O) groups is 2. The fourth-order valence-corrected chi connectivity index (χ4v) is 4.00. The van der Waals surface area contributed by atoms with Crippen LogP contribution in [0.4, 0.5) is 0 Å². The molecule has 0 aromatic heterocycles. The van der Waals surface area contributed by atoms with Crippen molar-refractivity contribution in [1.29, 1.82) is 0 Å². The molecule has 0 amide bonds. The molecule has 0 atom stereocenters. The third kappa shape index (κ3) is 14.8. The lowest BCUT2D eigenvalue weighted by atomic mass is 10.0. The largest absolute Gasteiger partial charge is 0.478 e. The Morgan fingerprint density at radius 3 is 1.65 bits per heavy atom. The molecule has 190 valence electrons. The van der Waals surface area contributed by atoms with Gasteiger partial charge in [-0.1, -0.05) is 115 Å². The molecule has 0 fully saturated rings. The summed E-state index contributed by atoms with van der Waals surface area (Å²) in [5, 5.41) is 18.2. The lowest BCUT2D eigenvalue weighted by molar-refractivity contribution is 0.0651. The van der Waals surface area contributed by atoms with Crippen LogP contribution in [0.3, 0.4) is 0 Å². The van der Waals surface area contributed by atoms with Gasteiger partial charge in [-0.2, -0.15) is 0 Å². The van der Waals surface area contributed by atoms with E-state index < -0.39 is 11.9 Å². The first-order valence-electron chi connectivity index (χ1n) is 13.2. The van der Waals surface area contributed by atoms with E-state index in [0.717, 1.165) is 6.42 Å². The monoisotopic (exact) mass is 472 g/mol. The molecule has 0 bridgehead atoms. The average Bonchev–Trinajstić information content (AvgIpc) is 2.82. The first-order valence-corrected chi connectivity index (χ1v) is 13.2. The van der Waals surface area contributed by atoms with Gasteiger partial charge < -0.3 is 14.9 Å². The van der Waals surface area contributed by atoms with Gasteiger partial charge >= 0.3 is 11.9 Å². The Labute approximate surface area is 206 Å². The number of carboxylic acid groups (broad SMARTS) is 2. The standard InChI is InChI=1S/C29H44O5/c1-2-3-4-5-6-7-8-9-10-11-12-13-14-15-16-17-22-34-23-18-19-25-20-21-26(28(30)31)27(24-25)29(32)33/h20-21,24H,2-17,22-23H2,1H3,(H,30,31)(H,32,33). The van der Waals surface area contributed by atoms with Crippen molar-refractivity contribution < 1.29 is 24.5 Å². The van der Waals surface area contributed by atoms with Crippen LogP contribution in [0.1, 0.15) is 136 Å². The quantitative estimate of drug-likeness (QED) is 0.150. The lowest BCUT2D eigenvalue weighted by Crippen LogP contribution is -2.08. The zero-order chi connectivity index (χ0) is 24.9. The molecule has 5 nitrogen and oxygen atoms in total. The maximum atomic E-state index is 11.2. The van der Waals surface area contributed by atoms with Crippen molar-refractivity contribution in [3.63, 3.8) is 0 Å². The van der Waals surface area contributed by atoms with Crippen molar-refractivity contribution in [3.8, 4) is 11.8 Å². The molecule has 1 rings (SSSR count). The lowest BCUT2D eigenvalue weighted by Gasteiger charge is -2.04. The number of benzene rings is 1. The van der Waals surface area contributed by atoms with Crippen LogP contribution in [-0.4, -0.2) is 35.4 Å². The van der Waals surface area contributed by atoms with Gasteiger partial charge in [-0.15, -0.1) is 0 Å². The number of carboxylic acids is 2. The van der Waals surface area contributed by atoms with E-state index in [9.17, 15) is 9.59 Å². The fourth-order valence-electron chi connectivity index (χ4n) is 4.00. The first-order chi connectivity index (χ1) is 16.6. The molecular weight excluding hydrogens is 428 g/mol. The van der Waals surface area contributed by atoms with E-state index in [2.05, 4.69) is 18.8 Å². The van der Waals surface area contributed by atoms with E-state index in [4.69, 9.17) is 14.9 Å². The highest BCUT2D eigenvalue weighted by atomic mass is 16.5. The van der Waals surface area contributed by atoms with Gasteiger partial charge in [0.15, 0.2) is 0 Å². The molecule has 0 aliphatic rings. The second-order valence-corrected chi connectivity index (χ2v) is 9.03. The summed E-state index contributed by atoms with van der Waals surface area (Å²) >= 11 is 0. The second-order valence-electron chi connectivity index (χ2n) is 9.03. The minimum Gasteiger partial charge on any atom is -0.478 e. The molecular formula is C29H44O5. The molecule has 1 aromatic rings. The van der Waals surface area contributed by atoms with Crippen molar-refractivity contribution in [1.82, 2.24) is 0 Å². The molecule has 0 aliphatic heterocycles. The SMILES string of the molecule is CCCCCCCCCCCCCCCCCCOCC#Cc1ccc(C(=O)O)c(C(=O)O)c1. The van der Waals surface area contributed by atoms with E-state index in [-0.39, 0.29) is 17.7 Å². The van der Waals surface area contributed by atoms with Crippen molar-refractivity contribution >= 4 is 11.9 Å². The molecule has 0 unspecified atom stereocenters. The number of rotatable bonds is 20. The Morgan fingerprint density at radius 2 is 1.18 bits per heavy atom. The maximum absolute atomic E-state index is 11.2. The molecule has 5 heteroatoms. The van der Waals surface area contributed by atoms with Crippen LogP contribution >= 0.6 is 0 Å². The van der Waals surface area contributed by atoms with E-state index in [1.54, 1.807) is 0 Å². The second kappa shape index (κ2) is 20.1. The first kappa shape index (κ1) is 29.7. The van der Waals surface area contributed by atoms with Crippen LogP contribution in [0.25, 0.3) is 0 Å². The van der Waals surface area contributed by atoms with Gasteiger partial charge in [0.25, 0.3) is 0 Å². The molecule has 0 saturated carbocycles. The van der Waals surface area contributed by atoms with E-state index >= 15 is 0 Å². The highest BCUT2D eigenvalue weighted by molar-refractivity contribution is 6.01. The van der Waals surface area contributed by atoms with Gasteiger partial charge in [0.1, 0.15) is 6.61 Å². The predicted octanol–water partition coefficient (Wildman–Crippen LogP) is 7.71. The summed E-state index contributed by atoms with van der Waals surface area (Å²) in [6.45, 7) is 3.22. The van der Waals surface area contributed by atoms with Gasteiger partial charge in [0.2, 0.25) is 0 Å². The minimum absolute atomic E-state index is 0.238. The van der Waals surface area contributed by atoms with Crippen LogP contribution in [0.5, 0.6) is 0 Å². The van der Waals surface area contributed by atoms with Gasteiger partial charge in [-0.05, 0) is 24.6 Å². The summed E-state index contributed by atoms with van der Waals surface area (Å²) in [6.07, 6.45) is 21.4. The zero-order valence-electron chi connectivity index (χ0n) is 21.1. The van der Waals surface area contributed by atoms with Crippen molar-refractivity contribution in [3.05, 3.63) is 34.9 Å². The van der Waals surface area contributed by atoms with Gasteiger partial charge in [0, 0.05) is 12.2 Å². The third-order valence-corrected chi connectivity index (χ3v) is 6.03. The molecule has 0 radical (unpaired) electrons. The highest BCUT2D eigenvalue weighted by Gasteiger charge is 2.15. The molecule has 0 spiro atoms. The summed E-state index contributed by atoms with van der Waals surface area (Å²) in [6, 6.07) is 4.07. The smallest absolute Gasteiger partial charge is 0.336 e. The summed E-state index contributed by atoms with van der Waals surface area (Å²) in [4.78, 5) is 22.3. The third-order valence-electron chi connectivity index (χ3n) is 6.03. The molecule has 2 N–H and O–H groups in total. The Balaban J connectivity index is 1.95. The van der Waals surface area contributed by atoms with Crippen LogP contribution in [-0.2, 0) is 4.74 Å². The molecule has 0 heterocycles. The van der Waals surface area contributed by atoms with Crippen LogP contribution in [0.2, 0.25) is 0 Å². The van der Waals surface area contributed by atoms with Gasteiger partial charge in [-0.3, -0.25) is 0 Å². The van der Waals surface area contributed by atoms with E-state index in [1.807, 2.05) is 0 Å².